The van der Waals surface area contributed by atoms with E-state index in [1.54, 1.807) is 34.8 Å². The molecule has 0 radical (unpaired) electrons. The van der Waals surface area contributed by atoms with E-state index in [1.807, 2.05) is 47.4 Å². The summed E-state index contributed by atoms with van der Waals surface area (Å²) >= 11 is 6.28. The Morgan fingerprint density at radius 1 is 1.18 bits per heavy atom. The molecule has 1 aromatic heterocycles. The standard InChI is InChI=1S/C26H30ClN3O4/c1-15(28-25(32)34-26(2,3)4)24(31)30-13-12-19-20-14-17(27)8-11-21(20)29-22(19)23(30)16-6-9-18(33-5)10-7-16/h6-11,14-15,23,29H,12-13H2,1-5H3,(H,28,32)/t15-,23?/m0/s1. The van der Waals surface area contributed by atoms with Crippen molar-refractivity contribution in [1.82, 2.24) is 15.2 Å². The second-order valence-electron chi connectivity index (χ2n) is 9.53. The van der Waals surface area contributed by atoms with Crippen molar-refractivity contribution in [2.45, 2.75) is 51.8 Å². The molecule has 0 saturated heterocycles. The number of nitrogens with one attached hydrogen (secondary N) is 2. The van der Waals surface area contributed by atoms with Gasteiger partial charge in [0.25, 0.3) is 0 Å². The summed E-state index contributed by atoms with van der Waals surface area (Å²) < 4.78 is 10.7. The SMILES string of the molecule is COc1ccc(C2c3[nH]c4ccc(Cl)cc4c3CCN2C(=O)[C@H](C)NC(=O)OC(C)(C)C)cc1. The van der Waals surface area contributed by atoms with Gasteiger partial charge in [-0.05, 0) is 75.6 Å². The number of rotatable bonds is 4. The molecule has 2 aromatic carbocycles. The molecule has 3 aromatic rings. The van der Waals surface area contributed by atoms with Gasteiger partial charge < -0.3 is 24.7 Å². The van der Waals surface area contributed by atoms with Crippen molar-refractivity contribution in [3.05, 3.63) is 64.3 Å². The quantitative estimate of drug-likeness (QED) is 0.533. The lowest BCUT2D eigenvalue weighted by Gasteiger charge is -2.38. The van der Waals surface area contributed by atoms with E-state index in [9.17, 15) is 9.59 Å². The van der Waals surface area contributed by atoms with E-state index in [0.29, 0.717) is 18.0 Å². The van der Waals surface area contributed by atoms with Crippen LogP contribution in [0.2, 0.25) is 5.02 Å². The lowest BCUT2D eigenvalue weighted by atomic mass is 9.91. The Labute approximate surface area is 204 Å². The number of H-pyrrole nitrogens is 1. The number of aromatic nitrogens is 1. The minimum atomic E-state index is -0.754. The van der Waals surface area contributed by atoms with Gasteiger partial charge in [-0.2, -0.15) is 0 Å². The van der Waals surface area contributed by atoms with Crippen LogP contribution >= 0.6 is 11.6 Å². The third kappa shape index (κ3) is 4.85. The fourth-order valence-corrected chi connectivity index (χ4v) is 4.60. The largest absolute Gasteiger partial charge is 0.497 e. The average Bonchev–Trinajstić information content (AvgIpc) is 3.14. The minimum Gasteiger partial charge on any atom is -0.497 e. The number of methoxy groups -OCH3 is 1. The maximum atomic E-state index is 13.6. The molecule has 1 aliphatic rings. The van der Waals surface area contributed by atoms with Crippen molar-refractivity contribution >= 4 is 34.5 Å². The normalized spacial score (nSPS) is 16.6. The molecule has 1 unspecified atom stereocenters. The lowest BCUT2D eigenvalue weighted by Crippen LogP contribution is -2.51. The Kier molecular flexibility index (Phi) is 6.49. The zero-order chi connectivity index (χ0) is 24.6. The number of carbonyl (C=O) groups is 2. The fraction of sp³-hybridized carbons (Fsp3) is 0.385. The van der Waals surface area contributed by atoms with Crippen LogP contribution in [-0.2, 0) is 16.0 Å². The molecule has 34 heavy (non-hydrogen) atoms. The van der Waals surface area contributed by atoms with Gasteiger partial charge in [-0.25, -0.2) is 4.79 Å². The molecular formula is C26H30ClN3O4. The number of hydrogen-bond donors (Lipinski definition) is 2. The Bertz CT molecular complexity index is 1210. The summed E-state index contributed by atoms with van der Waals surface area (Å²) in [5.41, 5.74) is 3.37. The highest BCUT2D eigenvalue weighted by molar-refractivity contribution is 6.31. The number of ether oxygens (including phenoxy) is 2. The third-order valence-electron chi connectivity index (χ3n) is 5.91. The lowest BCUT2D eigenvalue weighted by molar-refractivity contribution is -0.135. The van der Waals surface area contributed by atoms with Crippen molar-refractivity contribution in [1.29, 1.82) is 0 Å². The van der Waals surface area contributed by atoms with Gasteiger partial charge in [0.05, 0.1) is 13.2 Å². The molecule has 1 aliphatic heterocycles. The Morgan fingerprint density at radius 3 is 2.53 bits per heavy atom. The van der Waals surface area contributed by atoms with Crippen LogP contribution in [0.25, 0.3) is 10.9 Å². The van der Waals surface area contributed by atoms with Gasteiger partial charge >= 0.3 is 6.09 Å². The van der Waals surface area contributed by atoms with Crippen molar-refractivity contribution in [3.8, 4) is 5.75 Å². The number of aromatic amines is 1. The fourth-order valence-electron chi connectivity index (χ4n) is 4.43. The zero-order valence-electron chi connectivity index (χ0n) is 20.1. The van der Waals surface area contributed by atoms with Crippen molar-refractivity contribution < 1.29 is 19.1 Å². The van der Waals surface area contributed by atoms with Gasteiger partial charge in [-0.15, -0.1) is 0 Å². The zero-order valence-corrected chi connectivity index (χ0v) is 20.8. The van der Waals surface area contributed by atoms with Crippen LogP contribution in [0.15, 0.2) is 42.5 Å². The molecule has 7 nitrogen and oxygen atoms in total. The van der Waals surface area contributed by atoms with Gasteiger partial charge in [-0.3, -0.25) is 4.79 Å². The first-order valence-electron chi connectivity index (χ1n) is 11.3. The summed E-state index contributed by atoms with van der Waals surface area (Å²) in [7, 11) is 1.62. The molecular weight excluding hydrogens is 454 g/mol. The number of amides is 2. The van der Waals surface area contributed by atoms with Crippen LogP contribution in [0.1, 0.15) is 50.6 Å². The molecule has 0 spiro atoms. The third-order valence-corrected chi connectivity index (χ3v) is 6.14. The first-order chi connectivity index (χ1) is 16.1. The predicted octanol–water partition coefficient (Wildman–Crippen LogP) is 5.22. The molecule has 180 valence electrons. The van der Waals surface area contributed by atoms with Crippen LogP contribution in [0.3, 0.4) is 0 Å². The molecule has 0 aliphatic carbocycles. The summed E-state index contributed by atoms with van der Waals surface area (Å²) in [6.45, 7) is 7.54. The van der Waals surface area contributed by atoms with Crippen LogP contribution < -0.4 is 10.1 Å². The summed E-state index contributed by atoms with van der Waals surface area (Å²) in [5, 5.41) is 4.42. The Morgan fingerprint density at radius 2 is 1.88 bits per heavy atom. The second-order valence-corrected chi connectivity index (χ2v) is 9.97. The van der Waals surface area contributed by atoms with E-state index < -0.39 is 17.7 Å². The number of nitrogens with zero attached hydrogens (tertiary/aromatic N) is 1. The van der Waals surface area contributed by atoms with Crippen molar-refractivity contribution in [2.24, 2.45) is 0 Å². The van der Waals surface area contributed by atoms with E-state index in [1.165, 1.54) is 0 Å². The molecule has 2 amide bonds. The van der Waals surface area contributed by atoms with Gasteiger partial charge in [-0.1, -0.05) is 23.7 Å². The summed E-state index contributed by atoms with van der Waals surface area (Å²) in [6.07, 6.45) is 0.0556. The highest BCUT2D eigenvalue weighted by atomic mass is 35.5. The number of fused-ring (bicyclic) bond motifs is 3. The molecule has 2 atom stereocenters. The molecule has 0 fully saturated rings. The summed E-state index contributed by atoms with van der Waals surface area (Å²) in [5.74, 6) is 0.551. The number of benzene rings is 2. The van der Waals surface area contributed by atoms with Crippen LogP contribution in [-0.4, -0.2) is 47.2 Å². The molecule has 0 saturated carbocycles. The number of halogens is 1. The van der Waals surface area contributed by atoms with E-state index in [4.69, 9.17) is 21.1 Å². The first-order valence-corrected chi connectivity index (χ1v) is 11.7. The smallest absolute Gasteiger partial charge is 0.408 e. The van der Waals surface area contributed by atoms with Gasteiger partial charge in [0.15, 0.2) is 0 Å². The summed E-state index contributed by atoms with van der Waals surface area (Å²) in [4.78, 5) is 31.2. The maximum absolute atomic E-state index is 13.6. The van der Waals surface area contributed by atoms with Crippen LogP contribution in [0.4, 0.5) is 4.79 Å². The Hall–Kier alpha value is -3.19. The van der Waals surface area contributed by atoms with Gasteiger partial charge in [0.2, 0.25) is 5.91 Å². The molecule has 4 rings (SSSR count). The summed E-state index contributed by atoms with van der Waals surface area (Å²) in [6, 6.07) is 12.4. The van der Waals surface area contributed by atoms with E-state index in [2.05, 4.69) is 10.3 Å². The van der Waals surface area contributed by atoms with Crippen molar-refractivity contribution in [3.63, 3.8) is 0 Å². The van der Waals surface area contributed by atoms with E-state index >= 15 is 0 Å². The Balaban J connectivity index is 1.71. The molecule has 2 N–H and O–H groups in total. The van der Waals surface area contributed by atoms with E-state index in [-0.39, 0.29) is 11.9 Å². The topological polar surface area (TPSA) is 83.7 Å². The second kappa shape index (κ2) is 9.22. The first kappa shape index (κ1) is 24.0. The number of alkyl carbamates (subject to hydrolysis) is 1. The predicted molar refractivity (Wildman–Crippen MR) is 132 cm³/mol. The van der Waals surface area contributed by atoms with Crippen LogP contribution in [0.5, 0.6) is 5.75 Å². The molecule has 0 bridgehead atoms. The minimum absolute atomic E-state index is 0.186. The highest BCUT2D eigenvalue weighted by Crippen LogP contribution is 2.39. The number of carbonyl (C=O) groups excluding carboxylic acids is 2. The van der Waals surface area contributed by atoms with Gasteiger partial charge in [0, 0.05) is 28.2 Å². The van der Waals surface area contributed by atoms with E-state index in [0.717, 1.165) is 33.5 Å². The highest BCUT2D eigenvalue weighted by Gasteiger charge is 2.37. The molecule has 2 heterocycles. The number of hydrogen-bond acceptors (Lipinski definition) is 4. The monoisotopic (exact) mass is 483 g/mol. The maximum Gasteiger partial charge on any atom is 0.408 e. The van der Waals surface area contributed by atoms with Gasteiger partial charge in [0.1, 0.15) is 17.4 Å². The average molecular weight is 484 g/mol. The van der Waals surface area contributed by atoms with Crippen LogP contribution in [0, 0.1) is 0 Å². The van der Waals surface area contributed by atoms with Crippen molar-refractivity contribution in [2.75, 3.05) is 13.7 Å². The molecule has 8 heteroatoms.